The van der Waals surface area contributed by atoms with Crippen molar-refractivity contribution in [1.29, 1.82) is 0 Å². The highest BCUT2D eigenvalue weighted by molar-refractivity contribution is 7.90. The third-order valence-electron chi connectivity index (χ3n) is 1.91. The molecule has 0 saturated carbocycles. The lowest BCUT2D eigenvalue weighted by Crippen LogP contribution is -1.99. The smallest absolute Gasteiger partial charge is 0.284 e. The lowest BCUT2D eigenvalue weighted by atomic mass is 10.3. The van der Waals surface area contributed by atoms with Crippen LogP contribution in [0.15, 0.2) is 21.6 Å². The van der Waals surface area contributed by atoms with Crippen LogP contribution < -0.4 is 0 Å². The molecule has 64 valence electrons. The Bertz CT molecular complexity index is 468. The third kappa shape index (κ3) is 0.768. The van der Waals surface area contributed by atoms with Crippen molar-refractivity contribution in [2.75, 3.05) is 0 Å². The topological polar surface area (TPSA) is 51.4 Å². The Morgan fingerprint density at radius 2 is 2.17 bits per heavy atom. The number of fused-ring (bicyclic) bond motifs is 1. The van der Waals surface area contributed by atoms with Crippen molar-refractivity contribution >= 4 is 15.7 Å². The molecule has 12 heavy (non-hydrogen) atoms. The van der Waals surface area contributed by atoms with Crippen LogP contribution in [0.25, 0.3) is 0 Å². The fourth-order valence-electron chi connectivity index (χ4n) is 1.42. The van der Waals surface area contributed by atoms with E-state index in [1.54, 1.807) is 30.8 Å². The molecule has 1 aliphatic heterocycles. The predicted molar refractivity (Wildman–Crippen MR) is 44.8 cm³/mol. The monoisotopic (exact) mass is 184 g/mol. The van der Waals surface area contributed by atoms with E-state index < -0.39 is 10.0 Å². The van der Waals surface area contributed by atoms with Gasteiger partial charge < -0.3 is 4.57 Å². The summed E-state index contributed by atoms with van der Waals surface area (Å²) in [4.78, 5) is 0.322. The van der Waals surface area contributed by atoms with Gasteiger partial charge in [0.1, 0.15) is 4.90 Å². The molecule has 0 spiro atoms. The summed E-state index contributed by atoms with van der Waals surface area (Å²) in [5.41, 5.74) is 1.27. The van der Waals surface area contributed by atoms with Crippen molar-refractivity contribution in [3.05, 3.63) is 18.0 Å². The van der Waals surface area contributed by atoms with Crippen LogP contribution in [0.3, 0.4) is 0 Å². The standard InChI is InChI=1S/C7H8N2O2S/c1-5-7-6(3-4-9(7)2)12(10,11)8-5/h3-4H,1-2H3. The Morgan fingerprint density at radius 3 is 2.75 bits per heavy atom. The van der Waals surface area contributed by atoms with Gasteiger partial charge in [-0.2, -0.15) is 12.8 Å². The molecule has 0 amide bonds. The molecule has 0 unspecified atom stereocenters. The number of hydrogen-bond acceptors (Lipinski definition) is 2. The number of aryl methyl sites for hydroxylation is 1. The molecule has 4 nitrogen and oxygen atoms in total. The average Bonchev–Trinajstić information content (AvgIpc) is 2.38. The van der Waals surface area contributed by atoms with Gasteiger partial charge in [-0.3, -0.25) is 0 Å². The second-order valence-corrected chi connectivity index (χ2v) is 4.36. The van der Waals surface area contributed by atoms with Crippen LogP contribution in [0.4, 0.5) is 0 Å². The summed E-state index contributed by atoms with van der Waals surface area (Å²) in [7, 11) is -1.56. The highest BCUT2D eigenvalue weighted by Gasteiger charge is 2.28. The Hall–Kier alpha value is -1.10. The zero-order valence-corrected chi connectivity index (χ0v) is 7.59. The molecule has 0 aliphatic carbocycles. The minimum atomic E-state index is -3.37. The molecule has 0 bridgehead atoms. The predicted octanol–water partition coefficient (Wildman–Crippen LogP) is 0.536. The van der Waals surface area contributed by atoms with E-state index in [-0.39, 0.29) is 0 Å². The van der Waals surface area contributed by atoms with Gasteiger partial charge in [0.15, 0.2) is 0 Å². The molecule has 0 fully saturated rings. The summed E-state index contributed by atoms with van der Waals surface area (Å²) < 4.78 is 27.9. The van der Waals surface area contributed by atoms with Crippen molar-refractivity contribution in [3.8, 4) is 0 Å². The summed E-state index contributed by atoms with van der Waals surface area (Å²) in [6.45, 7) is 1.70. The lowest BCUT2D eigenvalue weighted by molar-refractivity contribution is 0.599. The molecule has 2 rings (SSSR count). The van der Waals surface area contributed by atoms with Gasteiger partial charge in [0.05, 0.1) is 11.4 Å². The Kier molecular flexibility index (Phi) is 1.24. The van der Waals surface area contributed by atoms with Crippen LogP contribution in [0.5, 0.6) is 0 Å². The number of nitrogens with zero attached hydrogens (tertiary/aromatic N) is 2. The van der Waals surface area contributed by atoms with Crippen LogP contribution in [0.1, 0.15) is 12.6 Å². The zero-order valence-electron chi connectivity index (χ0n) is 6.77. The van der Waals surface area contributed by atoms with Gasteiger partial charge in [0.25, 0.3) is 10.0 Å². The average molecular weight is 184 g/mol. The summed E-state index contributed by atoms with van der Waals surface area (Å²) in [5, 5.41) is 0. The second kappa shape index (κ2) is 1.98. The number of sulfonamides is 1. The molecule has 1 aromatic rings. The molecular formula is C7H8N2O2S. The molecule has 1 aromatic heterocycles. The Labute approximate surface area is 70.6 Å². The third-order valence-corrected chi connectivity index (χ3v) is 3.31. The van der Waals surface area contributed by atoms with Crippen molar-refractivity contribution in [3.63, 3.8) is 0 Å². The summed E-state index contributed by atoms with van der Waals surface area (Å²) >= 11 is 0. The van der Waals surface area contributed by atoms with Crippen LogP contribution in [0.2, 0.25) is 0 Å². The minimum Gasteiger partial charge on any atom is -0.348 e. The van der Waals surface area contributed by atoms with Crippen LogP contribution in [-0.2, 0) is 17.1 Å². The Morgan fingerprint density at radius 1 is 1.50 bits per heavy atom. The van der Waals surface area contributed by atoms with Gasteiger partial charge in [0.2, 0.25) is 0 Å². The van der Waals surface area contributed by atoms with Crippen LogP contribution >= 0.6 is 0 Å². The SMILES string of the molecule is CC1=NS(=O)(=O)c2ccn(C)c21. The molecule has 5 heteroatoms. The van der Waals surface area contributed by atoms with Crippen molar-refractivity contribution in [2.45, 2.75) is 11.8 Å². The van der Waals surface area contributed by atoms with E-state index >= 15 is 0 Å². The summed E-state index contributed by atoms with van der Waals surface area (Å²) in [6, 6.07) is 1.57. The first kappa shape index (κ1) is 7.54. The molecule has 2 heterocycles. The van der Waals surface area contributed by atoms with Gasteiger partial charge >= 0.3 is 0 Å². The normalized spacial score (nSPS) is 19.0. The van der Waals surface area contributed by atoms with Crippen molar-refractivity contribution < 1.29 is 8.42 Å². The van der Waals surface area contributed by atoms with Gasteiger partial charge in [-0.15, -0.1) is 0 Å². The fraction of sp³-hybridized carbons (Fsp3) is 0.286. The van der Waals surface area contributed by atoms with Crippen molar-refractivity contribution in [1.82, 2.24) is 4.57 Å². The summed E-state index contributed by atoms with van der Waals surface area (Å²) in [5.74, 6) is 0. The highest BCUT2D eigenvalue weighted by atomic mass is 32.2. The molecule has 0 N–H and O–H groups in total. The summed E-state index contributed by atoms with van der Waals surface area (Å²) in [6.07, 6.45) is 1.72. The van der Waals surface area contributed by atoms with Crippen LogP contribution in [0, 0.1) is 0 Å². The number of hydrogen-bond donors (Lipinski definition) is 0. The highest BCUT2D eigenvalue weighted by Crippen LogP contribution is 2.26. The number of rotatable bonds is 0. The first-order chi connectivity index (χ1) is 5.52. The molecule has 0 aromatic carbocycles. The van der Waals surface area contributed by atoms with Gasteiger partial charge in [-0.25, -0.2) is 0 Å². The maximum Gasteiger partial charge on any atom is 0.284 e. The lowest BCUT2D eigenvalue weighted by Gasteiger charge is -1.95. The van der Waals surface area contributed by atoms with E-state index in [4.69, 9.17) is 0 Å². The zero-order chi connectivity index (χ0) is 8.93. The fourth-order valence-corrected chi connectivity index (χ4v) is 2.74. The first-order valence-corrected chi connectivity index (χ1v) is 4.93. The van der Waals surface area contributed by atoms with Gasteiger partial charge in [-0.1, -0.05) is 0 Å². The van der Waals surface area contributed by atoms with E-state index in [9.17, 15) is 8.42 Å². The van der Waals surface area contributed by atoms with E-state index in [1.807, 2.05) is 0 Å². The minimum absolute atomic E-state index is 0.322. The van der Waals surface area contributed by atoms with Crippen molar-refractivity contribution in [2.24, 2.45) is 11.4 Å². The maximum atomic E-state index is 11.3. The largest absolute Gasteiger partial charge is 0.348 e. The van der Waals surface area contributed by atoms with E-state index in [0.29, 0.717) is 16.3 Å². The van der Waals surface area contributed by atoms with Gasteiger partial charge in [-0.05, 0) is 13.0 Å². The van der Waals surface area contributed by atoms with E-state index in [0.717, 1.165) is 0 Å². The molecule has 0 atom stereocenters. The van der Waals surface area contributed by atoms with E-state index in [1.165, 1.54) is 0 Å². The second-order valence-electron chi connectivity index (χ2n) is 2.79. The molecule has 0 radical (unpaired) electrons. The number of aromatic nitrogens is 1. The maximum absolute atomic E-state index is 11.3. The van der Waals surface area contributed by atoms with Crippen LogP contribution in [-0.4, -0.2) is 18.7 Å². The van der Waals surface area contributed by atoms with Gasteiger partial charge in [0, 0.05) is 13.2 Å². The first-order valence-electron chi connectivity index (χ1n) is 3.49. The Balaban J connectivity index is 2.88. The quantitative estimate of drug-likeness (QED) is 0.590. The molecule has 1 aliphatic rings. The molecule has 0 saturated heterocycles. The van der Waals surface area contributed by atoms with E-state index in [2.05, 4.69) is 4.40 Å². The molecular weight excluding hydrogens is 176 g/mol.